The van der Waals surface area contributed by atoms with Crippen molar-refractivity contribution in [3.05, 3.63) is 59.4 Å². The predicted octanol–water partition coefficient (Wildman–Crippen LogP) is -1.50. The van der Waals surface area contributed by atoms with Crippen molar-refractivity contribution in [1.29, 1.82) is 0 Å². The molecule has 1 fully saturated rings. The van der Waals surface area contributed by atoms with Crippen molar-refractivity contribution in [3.63, 3.8) is 0 Å². The number of rotatable bonds is 9. The summed E-state index contributed by atoms with van der Waals surface area (Å²) in [5.74, 6) is -2.30. The van der Waals surface area contributed by atoms with Crippen LogP contribution < -0.4 is 5.32 Å². The lowest BCUT2D eigenvalue weighted by molar-refractivity contribution is -0.339. The fraction of sp³-hybridized carbons (Fsp3) is 0.538. The second-order valence-corrected chi connectivity index (χ2v) is 9.46. The predicted molar refractivity (Wildman–Crippen MR) is 129 cm³/mol. The van der Waals surface area contributed by atoms with Gasteiger partial charge in [-0.05, 0) is 17.6 Å². The van der Waals surface area contributed by atoms with Crippen molar-refractivity contribution in [2.45, 2.75) is 55.9 Å². The zero-order valence-corrected chi connectivity index (χ0v) is 20.8. The Morgan fingerprint density at radius 1 is 1.08 bits per heavy atom. The summed E-state index contributed by atoms with van der Waals surface area (Å²) in [6.07, 6.45) is -5.05. The van der Waals surface area contributed by atoms with Gasteiger partial charge in [-0.1, -0.05) is 36.4 Å². The fourth-order valence-electron chi connectivity index (χ4n) is 5.06. The van der Waals surface area contributed by atoms with Crippen molar-refractivity contribution in [1.82, 2.24) is 5.32 Å². The molecule has 12 nitrogen and oxygen atoms in total. The Balaban J connectivity index is 1.51. The van der Waals surface area contributed by atoms with Crippen molar-refractivity contribution >= 4 is 11.9 Å². The highest BCUT2D eigenvalue weighted by Crippen LogP contribution is 2.44. The lowest BCUT2D eigenvalue weighted by Crippen LogP contribution is -2.60. The summed E-state index contributed by atoms with van der Waals surface area (Å²) in [5.41, 5.74) is 1.59. The van der Waals surface area contributed by atoms with Gasteiger partial charge in [-0.2, -0.15) is 0 Å². The second kappa shape index (κ2) is 12.3. The molecule has 1 aromatic carbocycles. The average molecular weight is 536 g/mol. The molecule has 6 N–H and O–H groups in total. The monoisotopic (exact) mass is 535 g/mol. The molecule has 12 heteroatoms. The molecule has 3 aliphatic rings. The first-order valence-corrected chi connectivity index (χ1v) is 12.3. The van der Waals surface area contributed by atoms with Gasteiger partial charge in [-0.3, -0.25) is 4.79 Å². The molecule has 1 aromatic rings. The quantitative estimate of drug-likeness (QED) is 0.160. The van der Waals surface area contributed by atoms with E-state index in [1.807, 2.05) is 30.3 Å². The van der Waals surface area contributed by atoms with Crippen LogP contribution in [0.3, 0.4) is 0 Å². The van der Waals surface area contributed by atoms with Crippen LogP contribution in [0.1, 0.15) is 12.0 Å². The molecule has 0 radical (unpaired) electrons. The minimum Gasteiger partial charge on any atom is -0.471 e. The van der Waals surface area contributed by atoms with E-state index in [-0.39, 0.29) is 18.6 Å². The maximum Gasteiger partial charge on any atom is 0.328 e. The molecule has 4 rings (SSSR count). The number of hydrogen-bond donors (Lipinski definition) is 6. The largest absolute Gasteiger partial charge is 0.471 e. The van der Waals surface area contributed by atoms with Crippen LogP contribution in [-0.4, -0.2) is 101 Å². The molecule has 0 unspecified atom stereocenters. The number of fused-ring (bicyclic) bond motifs is 1. The number of ether oxygens (including phenoxy) is 4. The number of allylic oxidation sites excluding steroid dienone is 1. The van der Waals surface area contributed by atoms with E-state index >= 15 is 0 Å². The Labute approximate surface area is 219 Å². The number of benzene rings is 1. The first-order valence-electron chi connectivity index (χ1n) is 12.3. The molecule has 1 amide bonds. The fourth-order valence-corrected chi connectivity index (χ4v) is 5.06. The van der Waals surface area contributed by atoms with Crippen LogP contribution in [0.4, 0.5) is 0 Å². The minimum atomic E-state index is -1.65. The number of amides is 1. The minimum absolute atomic E-state index is 0.213. The average Bonchev–Trinajstić information content (AvgIpc) is 3.37. The van der Waals surface area contributed by atoms with Crippen molar-refractivity contribution in [3.8, 4) is 0 Å². The SMILES string of the molecule is COC(=O)[C@@H](Cc1ccccc1)NC(=O)C1=CO[C@@H](O[C@@H]2O[C@H](CO)[C@@H](O)[C@H](O)[C@H]2O)[C@@H]2C(CO)=CC[C@H]12. The van der Waals surface area contributed by atoms with E-state index in [1.54, 1.807) is 6.08 Å². The Bertz CT molecular complexity index is 1040. The zero-order chi connectivity index (χ0) is 27.4. The highest BCUT2D eigenvalue weighted by molar-refractivity contribution is 5.96. The Morgan fingerprint density at radius 3 is 2.47 bits per heavy atom. The van der Waals surface area contributed by atoms with E-state index in [0.29, 0.717) is 12.0 Å². The number of methoxy groups -OCH3 is 1. The van der Waals surface area contributed by atoms with Gasteiger partial charge in [0.2, 0.25) is 6.29 Å². The topological polar surface area (TPSA) is 184 Å². The number of carbonyl (C=O) groups excluding carboxylic acids is 2. The molecule has 1 saturated heterocycles. The maximum absolute atomic E-state index is 13.3. The van der Waals surface area contributed by atoms with Gasteiger partial charge in [-0.15, -0.1) is 0 Å². The summed E-state index contributed by atoms with van der Waals surface area (Å²) >= 11 is 0. The van der Waals surface area contributed by atoms with Gasteiger partial charge in [-0.25, -0.2) is 4.79 Å². The highest BCUT2D eigenvalue weighted by atomic mass is 16.8. The molecule has 0 bridgehead atoms. The molecule has 9 atom stereocenters. The van der Waals surface area contributed by atoms with Gasteiger partial charge < -0.3 is 49.8 Å². The van der Waals surface area contributed by atoms with Gasteiger partial charge in [0.05, 0.1) is 38.1 Å². The lowest BCUT2D eigenvalue weighted by atomic mass is 9.83. The number of carbonyl (C=O) groups is 2. The van der Waals surface area contributed by atoms with Gasteiger partial charge in [0.15, 0.2) is 6.29 Å². The normalized spacial score (nSPS) is 33.3. The molecular formula is C26H33NO11. The Hall–Kier alpha value is -2.84. The first-order chi connectivity index (χ1) is 18.3. The van der Waals surface area contributed by atoms with Crippen LogP contribution in [0, 0.1) is 11.8 Å². The van der Waals surface area contributed by atoms with Crippen LogP contribution in [0.15, 0.2) is 53.8 Å². The molecule has 0 spiro atoms. The number of nitrogens with one attached hydrogen (secondary N) is 1. The summed E-state index contributed by atoms with van der Waals surface area (Å²) in [4.78, 5) is 25.7. The van der Waals surface area contributed by atoms with E-state index < -0.39 is 73.4 Å². The summed E-state index contributed by atoms with van der Waals surface area (Å²) in [6, 6.07) is 8.19. The smallest absolute Gasteiger partial charge is 0.328 e. The van der Waals surface area contributed by atoms with Gasteiger partial charge in [0, 0.05) is 12.3 Å². The molecular weight excluding hydrogens is 502 g/mol. The van der Waals surface area contributed by atoms with Crippen molar-refractivity contribution in [2.75, 3.05) is 20.3 Å². The van der Waals surface area contributed by atoms with Crippen LogP contribution in [0.5, 0.6) is 0 Å². The first kappa shape index (κ1) is 28.2. The van der Waals surface area contributed by atoms with Crippen molar-refractivity contribution in [2.24, 2.45) is 11.8 Å². The number of aliphatic hydroxyl groups excluding tert-OH is 5. The van der Waals surface area contributed by atoms with E-state index in [0.717, 1.165) is 5.56 Å². The molecule has 1 aliphatic carbocycles. The third-order valence-corrected chi connectivity index (χ3v) is 7.15. The van der Waals surface area contributed by atoms with Gasteiger partial charge in [0.25, 0.3) is 5.91 Å². The third kappa shape index (κ3) is 5.76. The van der Waals surface area contributed by atoms with Crippen molar-refractivity contribution < 1.29 is 54.1 Å². The number of esters is 1. The van der Waals surface area contributed by atoms with Gasteiger partial charge >= 0.3 is 5.97 Å². The Morgan fingerprint density at radius 2 is 1.82 bits per heavy atom. The van der Waals surface area contributed by atoms with E-state index in [9.17, 15) is 35.1 Å². The summed E-state index contributed by atoms with van der Waals surface area (Å²) in [7, 11) is 1.24. The van der Waals surface area contributed by atoms with Crippen LogP contribution in [0.2, 0.25) is 0 Å². The van der Waals surface area contributed by atoms with E-state index in [1.165, 1.54) is 13.4 Å². The summed E-state index contributed by atoms with van der Waals surface area (Å²) < 4.78 is 21.8. The summed E-state index contributed by atoms with van der Waals surface area (Å²) in [5, 5.41) is 52.6. The molecule has 0 saturated carbocycles. The lowest BCUT2D eigenvalue weighted by Gasteiger charge is -2.43. The molecule has 2 aliphatic heterocycles. The second-order valence-electron chi connectivity index (χ2n) is 9.46. The highest BCUT2D eigenvalue weighted by Gasteiger charge is 2.49. The summed E-state index contributed by atoms with van der Waals surface area (Å²) in [6.45, 7) is -0.967. The van der Waals surface area contributed by atoms with E-state index in [2.05, 4.69) is 5.32 Å². The number of hydrogen-bond acceptors (Lipinski definition) is 11. The maximum atomic E-state index is 13.3. The number of aliphatic hydroxyl groups is 5. The van der Waals surface area contributed by atoms with Crippen LogP contribution in [0.25, 0.3) is 0 Å². The van der Waals surface area contributed by atoms with Gasteiger partial charge in [0.1, 0.15) is 30.5 Å². The molecule has 0 aromatic heterocycles. The van der Waals surface area contributed by atoms with E-state index in [4.69, 9.17) is 18.9 Å². The van der Waals surface area contributed by atoms with Crippen LogP contribution in [-0.2, 0) is 35.0 Å². The third-order valence-electron chi connectivity index (χ3n) is 7.15. The Kier molecular flexibility index (Phi) is 9.15. The molecule has 2 heterocycles. The van der Waals surface area contributed by atoms with Crippen LogP contribution >= 0.6 is 0 Å². The molecule has 38 heavy (non-hydrogen) atoms. The molecule has 208 valence electrons. The standard InChI is InChI=1S/C26H33NO11/c1-35-24(34)17(9-13-5-3-2-4-6-13)27-23(33)16-12-36-25(19-14(10-28)7-8-15(16)19)38-26-22(32)21(31)20(30)18(11-29)37-26/h2-7,12,15,17-22,25-26,28-32H,8-11H2,1H3,(H,27,33)/t15-,17-,18-,19-,20-,21+,22-,25+,26+/m1/s1. The zero-order valence-electron chi connectivity index (χ0n) is 20.8.